The second-order valence-corrected chi connectivity index (χ2v) is 4.93. The van der Waals surface area contributed by atoms with Crippen LogP contribution in [0.2, 0.25) is 0 Å². The van der Waals surface area contributed by atoms with Gasteiger partial charge in [0.25, 0.3) is 0 Å². The summed E-state index contributed by atoms with van der Waals surface area (Å²) >= 11 is 0. The molecule has 1 rings (SSSR count). The molecule has 0 radical (unpaired) electrons. The van der Waals surface area contributed by atoms with Crippen LogP contribution in [0.25, 0.3) is 0 Å². The zero-order valence-electron chi connectivity index (χ0n) is 9.61. The molecule has 0 bridgehead atoms. The van der Waals surface area contributed by atoms with Crippen molar-refractivity contribution >= 4 is 19.5 Å². The van der Waals surface area contributed by atoms with E-state index in [0.717, 1.165) is 5.56 Å². The molecule has 0 aliphatic heterocycles. The maximum Gasteiger partial charge on any atom is 0.469 e. The summed E-state index contributed by atoms with van der Waals surface area (Å²) in [5.74, 6) is -1.26. The Kier molecular flexibility index (Phi) is 4.86. The molecule has 7 nitrogen and oxygen atoms in total. The molecule has 18 heavy (non-hydrogen) atoms. The van der Waals surface area contributed by atoms with Gasteiger partial charge in [-0.15, -0.1) is 0 Å². The molecule has 0 unspecified atom stereocenters. The number of aryl methyl sites for hydroxylation is 1. The van der Waals surface area contributed by atoms with Gasteiger partial charge in [0.1, 0.15) is 6.04 Å². The molecular weight excluding hydrogens is 261 g/mol. The molecule has 0 saturated carbocycles. The minimum atomic E-state index is -4.68. The van der Waals surface area contributed by atoms with Gasteiger partial charge in [0.05, 0.1) is 6.61 Å². The van der Waals surface area contributed by atoms with Crippen LogP contribution in [-0.2, 0) is 13.9 Å². The van der Waals surface area contributed by atoms with Crippen LogP contribution in [0.3, 0.4) is 0 Å². The predicted molar refractivity (Wildman–Crippen MR) is 64.2 cm³/mol. The highest BCUT2D eigenvalue weighted by molar-refractivity contribution is 7.46. The molecule has 4 N–H and O–H groups in total. The maximum atomic E-state index is 10.9. The number of carbonyl (C=O) groups is 1. The average Bonchev–Trinajstić information content (AvgIpc) is 2.25. The summed E-state index contributed by atoms with van der Waals surface area (Å²) in [7, 11) is -4.68. The molecular formula is C10H14NO6P. The second kappa shape index (κ2) is 5.97. The van der Waals surface area contributed by atoms with Gasteiger partial charge in [0, 0.05) is 5.69 Å². The number of phosphoric ester groups is 1. The highest BCUT2D eigenvalue weighted by Crippen LogP contribution is 2.35. The SMILES string of the molecule is Cc1ccc(N[C@@H](COP(=O)(O)O)C(=O)O)cc1. The highest BCUT2D eigenvalue weighted by Gasteiger charge is 2.23. The number of nitrogens with one attached hydrogen (secondary N) is 1. The Morgan fingerprint density at radius 1 is 1.39 bits per heavy atom. The third-order valence-corrected chi connectivity index (χ3v) is 2.59. The molecule has 0 fully saturated rings. The molecule has 0 aliphatic rings. The van der Waals surface area contributed by atoms with Crippen molar-refractivity contribution < 1.29 is 28.8 Å². The van der Waals surface area contributed by atoms with E-state index >= 15 is 0 Å². The lowest BCUT2D eigenvalue weighted by Gasteiger charge is -2.16. The molecule has 0 amide bonds. The third kappa shape index (κ3) is 5.29. The number of carboxylic acid groups (broad SMARTS) is 1. The number of hydrogen-bond acceptors (Lipinski definition) is 4. The summed E-state index contributed by atoms with van der Waals surface area (Å²) in [4.78, 5) is 27.9. The van der Waals surface area contributed by atoms with E-state index in [1.807, 2.05) is 6.92 Å². The first-order valence-electron chi connectivity index (χ1n) is 5.04. The molecule has 1 aromatic rings. The first-order chi connectivity index (χ1) is 8.28. The van der Waals surface area contributed by atoms with Crippen molar-refractivity contribution in [1.29, 1.82) is 0 Å². The minimum absolute atomic E-state index is 0.530. The molecule has 0 heterocycles. The number of benzene rings is 1. The van der Waals surface area contributed by atoms with Crippen molar-refractivity contribution in [1.82, 2.24) is 0 Å². The smallest absolute Gasteiger partial charge is 0.469 e. The summed E-state index contributed by atoms with van der Waals surface area (Å²) in [6.45, 7) is 1.25. The predicted octanol–water partition coefficient (Wildman–Crippen LogP) is 0.969. The fourth-order valence-electron chi connectivity index (χ4n) is 1.20. The van der Waals surface area contributed by atoms with Gasteiger partial charge in [0.15, 0.2) is 0 Å². The van der Waals surface area contributed by atoms with E-state index in [2.05, 4.69) is 9.84 Å². The monoisotopic (exact) mass is 275 g/mol. The maximum absolute atomic E-state index is 10.9. The van der Waals surface area contributed by atoms with Crippen LogP contribution in [-0.4, -0.2) is 33.5 Å². The standard InChI is InChI=1S/C10H14NO6P/c1-7-2-4-8(5-3-7)11-9(10(12)13)6-17-18(14,15)16/h2-5,9,11H,6H2,1H3,(H,12,13)(H2,14,15,16)/t9-/m0/s1. The molecule has 8 heteroatoms. The van der Waals surface area contributed by atoms with Crippen LogP contribution in [0.4, 0.5) is 5.69 Å². The van der Waals surface area contributed by atoms with Gasteiger partial charge in [-0.25, -0.2) is 9.36 Å². The zero-order chi connectivity index (χ0) is 13.8. The Hall–Kier alpha value is -1.40. The van der Waals surface area contributed by atoms with Crippen molar-refractivity contribution in [2.24, 2.45) is 0 Å². The first kappa shape index (κ1) is 14.7. The van der Waals surface area contributed by atoms with Gasteiger partial charge in [-0.2, -0.15) is 0 Å². The summed E-state index contributed by atoms with van der Waals surface area (Å²) in [6, 6.07) is 5.67. The molecule has 1 atom stereocenters. The summed E-state index contributed by atoms with van der Waals surface area (Å²) in [5, 5.41) is 11.5. The lowest BCUT2D eigenvalue weighted by molar-refractivity contribution is -0.138. The number of carboxylic acids is 1. The normalized spacial score (nSPS) is 13.1. The minimum Gasteiger partial charge on any atom is -0.480 e. The number of aliphatic carboxylic acids is 1. The zero-order valence-corrected chi connectivity index (χ0v) is 10.5. The Labute approximate surface area is 104 Å². The van der Waals surface area contributed by atoms with Crippen molar-refractivity contribution in [2.45, 2.75) is 13.0 Å². The number of rotatable bonds is 6. The van der Waals surface area contributed by atoms with Gasteiger partial charge in [-0.05, 0) is 19.1 Å². The summed E-state index contributed by atoms with van der Waals surface area (Å²) in [5.41, 5.74) is 1.54. The highest BCUT2D eigenvalue weighted by atomic mass is 31.2. The van der Waals surface area contributed by atoms with E-state index in [9.17, 15) is 9.36 Å². The summed E-state index contributed by atoms with van der Waals surface area (Å²) < 4.78 is 14.7. The Morgan fingerprint density at radius 3 is 2.39 bits per heavy atom. The number of phosphoric acid groups is 1. The Bertz CT molecular complexity index is 454. The van der Waals surface area contributed by atoms with Gasteiger partial charge < -0.3 is 20.2 Å². The van der Waals surface area contributed by atoms with Crippen molar-refractivity contribution in [3.63, 3.8) is 0 Å². The molecule has 100 valence electrons. The van der Waals surface area contributed by atoms with Gasteiger partial charge >= 0.3 is 13.8 Å². The molecule has 0 aliphatic carbocycles. The van der Waals surface area contributed by atoms with E-state index in [1.165, 1.54) is 0 Å². The van der Waals surface area contributed by atoms with E-state index in [4.69, 9.17) is 14.9 Å². The fourth-order valence-corrected chi connectivity index (χ4v) is 1.54. The van der Waals surface area contributed by atoms with Crippen molar-refractivity contribution in [3.8, 4) is 0 Å². The lowest BCUT2D eigenvalue weighted by atomic mass is 10.2. The van der Waals surface area contributed by atoms with E-state index in [-0.39, 0.29) is 0 Å². The summed E-state index contributed by atoms with van der Waals surface area (Å²) in [6.07, 6.45) is 0. The van der Waals surface area contributed by atoms with Crippen LogP contribution in [0.5, 0.6) is 0 Å². The van der Waals surface area contributed by atoms with Crippen LogP contribution >= 0.6 is 7.82 Å². The first-order valence-corrected chi connectivity index (χ1v) is 6.57. The lowest BCUT2D eigenvalue weighted by Crippen LogP contribution is -2.33. The van der Waals surface area contributed by atoms with Gasteiger partial charge in [0.2, 0.25) is 0 Å². The molecule has 1 aromatic carbocycles. The largest absolute Gasteiger partial charge is 0.480 e. The topological polar surface area (TPSA) is 116 Å². The van der Waals surface area contributed by atoms with Crippen LogP contribution < -0.4 is 5.32 Å². The van der Waals surface area contributed by atoms with Crippen molar-refractivity contribution in [2.75, 3.05) is 11.9 Å². The quantitative estimate of drug-likeness (QED) is 0.571. The van der Waals surface area contributed by atoms with E-state index in [1.54, 1.807) is 24.3 Å². The molecule has 0 spiro atoms. The molecule has 0 aromatic heterocycles. The third-order valence-electron chi connectivity index (χ3n) is 2.10. The van der Waals surface area contributed by atoms with Gasteiger partial charge in [-0.3, -0.25) is 4.52 Å². The van der Waals surface area contributed by atoms with Crippen molar-refractivity contribution in [3.05, 3.63) is 29.8 Å². The van der Waals surface area contributed by atoms with E-state index in [0.29, 0.717) is 5.69 Å². The fraction of sp³-hybridized carbons (Fsp3) is 0.300. The second-order valence-electron chi connectivity index (χ2n) is 3.69. The van der Waals surface area contributed by atoms with E-state index < -0.39 is 26.4 Å². The van der Waals surface area contributed by atoms with Crippen LogP contribution in [0, 0.1) is 6.92 Å². The Morgan fingerprint density at radius 2 is 1.94 bits per heavy atom. The average molecular weight is 275 g/mol. The van der Waals surface area contributed by atoms with Crippen LogP contribution in [0.1, 0.15) is 5.56 Å². The molecule has 0 saturated heterocycles. The number of hydrogen-bond donors (Lipinski definition) is 4. The van der Waals surface area contributed by atoms with Crippen LogP contribution in [0.15, 0.2) is 24.3 Å². The van der Waals surface area contributed by atoms with Gasteiger partial charge in [-0.1, -0.05) is 17.7 Å². The Balaban J connectivity index is 2.66. The number of anilines is 1.